The number of ether oxygens (including phenoxy) is 2. The van der Waals surface area contributed by atoms with Crippen LogP contribution < -0.4 is 9.64 Å². The fourth-order valence-corrected chi connectivity index (χ4v) is 1.32. The fraction of sp³-hybridized carbons (Fsp3) is 0.250. The third-order valence-corrected chi connectivity index (χ3v) is 2.27. The quantitative estimate of drug-likeness (QED) is 0.430. The number of rotatable bonds is 5. The van der Waals surface area contributed by atoms with Gasteiger partial charge in [0.2, 0.25) is 6.29 Å². The summed E-state index contributed by atoms with van der Waals surface area (Å²) in [6.45, 7) is -0.319. The molecule has 0 saturated carbocycles. The van der Waals surface area contributed by atoms with Gasteiger partial charge in [-0.15, -0.1) is 0 Å². The highest BCUT2D eigenvalue weighted by atomic mass is 16.5. The Balaban J connectivity index is 2.97. The minimum absolute atomic E-state index is 0.146. The standard InChI is InChI=1S/C12H13NO5/c1-17-10-5-3-9(4-6-10)13(11(15)8-14)7-12(16)18-2/h3-6,8H,7H2,1-2H3. The number of esters is 1. The molecular formula is C12H13NO5. The summed E-state index contributed by atoms with van der Waals surface area (Å²) in [5, 5.41) is 0. The second-order valence-corrected chi connectivity index (χ2v) is 3.32. The second kappa shape index (κ2) is 6.39. The number of hydrogen-bond donors (Lipinski definition) is 0. The average molecular weight is 251 g/mol. The third-order valence-electron chi connectivity index (χ3n) is 2.27. The van der Waals surface area contributed by atoms with E-state index in [0.717, 1.165) is 4.90 Å². The first-order valence-electron chi connectivity index (χ1n) is 5.10. The van der Waals surface area contributed by atoms with Gasteiger partial charge in [0.05, 0.1) is 14.2 Å². The molecule has 0 fully saturated rings. The molecule has 96 valence electrons. The lowest BCUT2D eigenvalue weighted by atomic mass is 10.2. The van der Waals surface area contributed by atoms with Crippen LogP contribution in [0.2, 0.25) is 0 Å². The van der Waals surface area contributed by atoms with E-state index in [0.29, 0.717) is 11.4 Å². The molecule has 6 nitrogen and oxygen atoms in total. The molecule has 0 heterocycles. The molecule has 0 aliphatic rings. The summed E-state index contributed by atoms with van der Waals surface area (Å²) in [5.41, 5.74) is 0.415. The van der Waals surface area contributed by atoms with Crippen LogP contribution in [0.3, 0.4) is 0 Å². The van der Waals surface area contributed by atoms with Crippen LogP contribution in [0.15, 0.2) is 24.3 Å². The van der Waals surface area contributed by atoms with Crippen molar-refractivity contribution in [1.29, 1.82) is 0 Å². The highest BCUT2D eigenvalue weighted by Gasteiger charge is 2.18. The van der Waals surface area contributed by atoms with Crippen LogP contribution in [-0.2, 0) is 19.1 Å². The molecule has 0 saturated heterocycles. The molecule has 1 rings (SSSR count). The number of methoxy groups -OCH3 is 2. The van der Waals surface area contributed by atoms with E-state index in [1.165, 1.54) is 14.2 Å². The topological polar surface area (TPSA) is 72.9 Å². The van der Waals surface area contributed by atoms with Crippen molar-refractivity contribution in [2.75, 3.05) is 25.7 Å². The van der Waals surface area contributed by atoms with Gasteiger partial charge in [0.25, 0.3) is 5.91 Å². The van der Waals surface area contributed by atoms with Gasteiger partial charge >= 0.3 is 5.97 Å². The van der Waals surface area contributed by atoms with Crippen molar-refractivity contribution in [3.05, 3.63) is 24.3 Å². The van der Waals surface area contributed by atoms with Crippen LogP contribution >= 0.6 is 0 Å². The molecule has 6 heteroatoms. The van der Waals surface area contributed by atoms with Gasteiger partial charge in [-0.05, 0) is 24.3 Å². The summed E-state index contributed by atoms with van der Waals surface area (Å²) in [7, 11) is 2.72. The van der Waals surface area contributed by atoms with Crippen LogP contribution in [0, 0.1) is 0 Å². The summed E-state index contributed by atoms with van der Waals surface area (Å²) in [4.78, 5) is 34.2. The first kappa shape index (κ1) is 13.7. The lowest BCUT2D eigenvalue weighted by Crippen LogP contribution is -2.36. The minimum atomic E-state index is -0.814. The molecule has 0 spiro atoms. The molecule has 18 heavy (non-hydrogen) atoms. The first-order valence-corrected chi connectivity index (χ1v) is 5.10. The maximum absolute atomic E-state index is 11.4. The second-order valence-electron chi connectivity index (χ2n) is 3.32. The Morgan fingerprint density at radius 2 is 1.83 bits per heavy atom. The Bertz CT molecular complexity index is 440. The van der Waals surface area contributed by atoms with Gasteiger partial charge in [0.15, 0.2) is 0 Å². The van der Waals surface area contributed by atoms with Gasteiger partial charge in [-0.25, -0.2) is 0 Å². The summed E-state index contributed by atoms with van der Waals surface area (Å²) in [5.74, 6) is -0.818. The van der Waals surface area contributed by atoms with Crippen LogP contribution in [0.5, 0.6) is 5.75 Å². The summed E-state index contributed by atoms with van der Waals surface area (Å²) >= 11 is 0. The summed E-state index contributed by atoms with van der Waals surface area (Å²) in [6.07, 6.45) is 0.146. The number of aldehydes is 1. The highest BCUT2D eigenvalue weighted by molar-refractivity contribution is 6.31. The summed E-state index contributed by atoms with van der Waals surface area (Å²) < 4.78 is 9.44. The predicted molar refractivity (Wildman–Crippen MR) is 63.4 cm³/mol. The molecule has 1 aromatic rings. The number of benzene rings is 1. The molecule has 0 atom stereocenters. The number of carbonyl (C=O) groups is 3. The van der Waals surface area contributed by atoms with E-state index >= 15 is 0 Å². The Kier molecular flexibility index (Phi) is 4.86. The SMILES string of the molecule is COC(=O)CN(C(=O)C=O)c1ccc(OC)cc1. The number of hydrogen-bond acceptors (Lipinski definition) is 5. The molecule has 0 aliphatic carbocycles. The molecule has 1 aromatic carbocycles. The van der Waals surface area contributed by atoms with Crippen molar-refractivity contribution in [1.82, 2.24) is 0 Å². The first-order chi connectivity index (χ1) is 8.62. The highest BCUT2D eigenvalue weighted by Crippen LogP contribution is 2.19. The Labute approximate surface area is 104 Å². The number of nitrogens with zero attached hydrogens (tertiary/aromatic N) is 1. The van der Waals surface area contributed by atoms with E-state index < -0.39 is 11.9 Å². The lowest BCUT2D eigenvalue weighted by molar-refractivity contribution is -0.140. The van der Waals surface area contributed by atoms with Crippen LogP contribution in [0.4, 0.5) is 5.69 Å². The van der Waals surface area contributed by atoms with E-state index in [-0.39, 0.29) is 12.8 Å². The van der Waals surface area contributed by atoms with E-state index in [4.69, 9.17) is 4.74 Å². The van der Waals surface area contributed by atoms with Crippen LogP contribution in [-0.4, -0.2) is 38.9 Å². The minimum Gasteiger partial charge on any atom is -0.497 e. The summed E-state index contributed by atoms with van der Waals surface area (Å²) in [6, 6.07) is 6.39. The molecule has 0 unspecified atom stereocenters. The van der Waals surface area contributed by atoms with Gasteiger partial charge in [0, 0.05) is 5.69 Å². The lowest BCUT2D eigenvalue weighted by Gasteiger charge is -2.19. The molecule has 0 aromatic heterocycles. The Hall–Kier alpha value is -2.37. The van der Waals surface area contributed by atoms with Crippen molar-refractivity contribution >= 4 is 23.9 Å². The van der Waals surface area contributed by atoms with Crippen molar-refractivity contribution in [2.24, 2.45) is 0 Å². The molecular weight excluding hydrogens is 238 g/mol. The van der Waals surface area contributed by atoms with E-state index in [9.17, 15) is 14.4 Å². The molecule has 0 aliphatic heterocycles. The monoisotopic (exact) mass is 251 g/mol. The number of anilines is 1. The van der Waals surface area contributed by atoms with Crippen molar-refractivity contribution in [2.45, 2.75) is 0 Å². The van der Waals surface area contributed by atoms with E-state index in [1.54, 1.807) is 24.3 Å². The molecule has 0 N–H and O–H groups in total. The smallest absolute Gasteiger partial charge is 0.325 e. The number of amides is 1. The largest absolute Gasteiger partial charge is 0.497 e. The normalized spacial score (nSPS) is 9.44. The van der Waals surface area contributed by atoms with E-state index in [1.807, 2.05) is 0 Å². The zero-order chi connectivity index (χ0) is 13.5. The maximum atomic E-state index is 11.4. The van der Waals surface area contributed by atoms with Gasteiger partial charge in [-0.1, -0.05) is 0 Å². The zero-order valence-electron chi connectivity index (χ0n) is 10.1. The van der Waals surface area contributed by atoms with E-state index in [2.05, 4.69) is 4.74 Å². The fourth-order valence-electron chi connectivity index (χ4n) is 1.32. The van der Waals surface area contributed by atoms with Gasteiger partial charge in [-0.2, -0.15) is 0 Å². The third kappa shape index (κ3) is 3.31. The van der Waals surface area contributed by atoms with Crippen molar-refractivity contribution in [3.8, 4) is 5.75 Å². The molecule has 0 bridgehead atoms. The van der Waals surface area contributed by atoms with Gasteiger partial charge in [0.1, 0.15) is 12.3 Å². The van der Waals surface area contributed by atoms with Crippen molar-refractivity contribution < 1.29 is 23.9 Å². The molecule has 1 amide bonds. The Morgan fingerprint density at radius 1 is 1.22 bits per heavy atom. The van der Waals surface area contributed by atoms with Crippen molar-refractivity contribution in [3.63, 3.8) is 0 Å². The Morgan fingerprint density at radius 3 is 2.28 bits per heavy atom. The maximum Gasteiger partial charge on any atom is 0.325 e. The average Bonchev–Trinajstić information content (AvgIpc) is 2.43. The molecule has 0 radical (unpaired) electrons. The predicted octanol–water partition coefficient (Wildman–Crippen LogP) is 0.400. The van der Waals surface area contributed by atoms with Crippen LogP contribution in [0.25, 0.3) is 0 Å². The zero-order valence-corrected chi connectivity index (χ0v) is 10.1. The number of carbonyl (C=O) groups excluding carboxylic acids is 3. The van der Waals surface area contributed by atoms with Gasteiger partial charge < -0.3 is 9.47 Å². The van der Waals surface area contributed by atoms with Gasteiger partial charge in [-0.3, -0.25) is 19.3 Å². The van der Waals surface area contributed by atoms with Crippen LogP contribution in [0.1, 0.15) is 0 Å².